The normalized spacial score (nSPS) is 23.7. The lowest BCUT2D eigenvalue weighted by Crippen LogP contribution is -2.19. The minimum Gasteiger partial charge on any atom is -0.392 e. The van der Waals surface area contributed by atoms with Gasteiger partial charge in [0, 0.05) is 19.2 Å². The molecule has 1 fully saturated rings. The van der Waals surface area contributed by atoms with Gasteiger partial charge in [0.1, 0.15) is 0 Å². The Morgan fingerprint density at radius 3 is 2.24 bits per heavy atom. The molecule has 1 N–H and O–H groups in total. The van der Waals surface area contributed by atoms with Gasteiger partial charge in [-0.3, -0.25) is 4.68 Å². The second-order valence-corrected chi connectivity index (χ2v) is 6.59. The van der Waals surface area contributed by atoms with Crippen LogP contribution in [0.25, 0.3) is 0 Å². The van der Waals surface area contributed by atoms with Crippen LogP contribution in [0.5, 0.6) is 0 Å². The maximum atomic E-state index is 10.4. The van der Waals surface area contributed by atoms with Crippen molar-refractivity contribution in [2.24, 2.45) is 23.8 Å². The van der Waals surface area contributed by atoms with Crippen LogP contribution in [-0.2, 0) is 13.5 Å². The lowest BCUT2D eigenvalue weighted by atomic mass is 10.0. The second kappa shape index (κ2) is 3.58. The van der Waals surface area contributed by atoms with Gasteiger partial charge in [-0.1, -0.05) is 27.7 Å². The van der Waals surface area contributed by atoms with Crippen molar-refractivity contribution in [3.63, 3.8) is 0 Å². The maximum Gasteiger partial charge on any atom is 0.0634 e. The third-order valence-corrected chi connectivity index (χ3v) is 5.03. The van der Waals surface area contributed by atoms with E-state index < -0.39 is 0 Å². The van der Waals surface area contributed by atoms with Crippen molar-refractivity contribution < 1.29 is 5.11 Å². The van der Waals surface area contributed by atoms with Crippen molar-refractivity contribution in [3.05, 3.63) is 17.5 Å². The van der Waals surface area contributed by atoms with Gasteiger partial charge >= 0.3 is 0 Å². The van der Waals surface area contributed by atoms with Gasteiger partial charge in [-0.2, -0.15) is 5.10 Å². The third kappa shape index (κ3) is 1.81. The summed E-state index contributed by atoms with van der Waals surface area (Å²) in [5.74, 6) is 0.380. The fourth-order valence-corrected chi connectivity index (χ4v) is 3.40. The summed E-state index contributed by atoms with van der Waals surface area (Å²) in [6.45, 7) is 11.0. The average Bonchev–Trinajstić information content (AvgIpc) is 2.41. The van der Waals surface area contributed by atoms with E-state index in [9.17, 15) is 5.11 Å². The molecule has 0 aliphatic heterocycles. The Morgan fingerprint density at radius 1 is 1.35 bits per heavy atom. The average molecular weight is 236 g/mol. The molecule has 0 radical (unpaired) electrons. The predicted molar refractivity (Wildman–Crippen MR) is 68.7 cm³/mol. The number of rotatable bonds is 3. The van der Waals surface area contributed by atoms with Crippen molar-refractivity contribution in [2.45, 2.75) is 47.1 Å². The molecule has 1 aromatic heterocycles. The highest BCUT2D eigenvalue weighted by Crippen LogP contribution is 2.69. The fraction of sp³-hybridized carbons (Fsp3) is 0.786. The molecule has 1 saturated carbocycles. The lowest BCUT2D eigenvalue weighted by molar-refractivity contribution is 0.127. The largest absolute Gasteiger partial charge is 0.392 e. The van der Waals surface area contributed by atoms with E-state index in [0.717, 1.165) is 11.4 Å². The smallest absolute Gasteiger partial charge is 0.0634 e. The number of aryl methyl sites for hydroxylation is 2. The molecule has 0 amide bonds. The zero-order valence-corrected chi connectivity index (χ0v) is 11.8. The fourth-order valence-electron chi connectivity index (χ4n) is 3.40. The molecule has 1 aliphatic rings. The summed E-state index contributed by atoms with van der Waals surface area (Å²) < 4.78 is 1.88. The van der Waals surface area contributed by atoms with E-state index in [1.807, 2.05) is 18.7 Å². The van der Waals surface area contributed by atoms with Crippen LogP contribution in [-0.4, -0.2) is 21.0 Å². The monoisotopic (exact) mass is 236 g/mol. The quantitative estimate of drug-likeness (QED) is 0.874. The van der Waals surface area contributed by atoms with Gasteiger partial charge in [0.2, 0.25) is 0 Å². The zero-order valence-electron chi connectivity index (χ0n) is 11.8. The molecular weight excluding hydrogens is 212 g/mol. The summed E-state index contributed by atoms with van der Waals surface area (Å²) in [5.41, 5.74) is 2.61. The Balaban J connectivity index is 2.09. The Morgan fingerprint density at radius 2 is 1.88 bits per heavy atom. The first-order valence-corrected chi connectivity index (χ1v) is 6.35. The standard InChI is InChI=1S/C14H24N2O/c1-9-7-10(16(6)15-9)8-11(17)12-13(2,3)14(12,4)5/h7,11-12,17H,8H2,1-6H3. The van der Waals surface area contributed by atoms with Crippen LogP contribution in [0.4, 0.5) is 0 Å². The van der Waals surface area contributed by atoms with Gasteiger partial charge in [-0.25, -0.2) is 0 Å². The molecule has 0 spiro atoms. The van der Waals surface area contributed by atoms with Crippen LogP contribution in [0.1, 0.15) is 39.1 Å². The summed E-state index contributed by atoms with van der Waals surface area (Å²) in [5, 5.41) is 14.7. The Kier molecular flexibility index (Phi) is 2.66. The number of aliphatic hydroxyl groups is 1. The minimum atomic E-state index is -0.269. The van der Waals surface area contributed by atoms with Gasteiger partial charge < -0.3 is 5.11 Å². The van der Waals surface area contributed by atoms with E-state index in [4.69, 9.17) is 0 Å². The number of hydrogen-bond donors (Lipinski definition) is 1. The van der Waals surface area contributed by atoms with Crippen molar-refractivity contribution >= 4 is 0 Å². The number of hydrogen-bond acceptors (Lipinski definition) is 2. The SMILES string of the molecule is Cc1cc(CC(O)C2C(C)(C)C2(C)C)n(C)n1. The first kappa shape index (κ1) is 12.6. The molecule has 0 saturated heterocycles. The molecule has 3 nitrogen and oxygen atoms in total. The van der Waals surface area contributed by atoms with Gasteiger partial charge in [-0.05, 0) is 29.7 Å². The molecule has 1 atom stereocenters. The van der Waals surface area contributed by atoms with Crippen LogP contribution in [0.3, 0.4) is 0 Å². The molecule has 1 unspecified atom stereocenters. The van der Waals surface area contributed by atoms with E-state index in [1.165, 1.54) is 0 Å². The summed E-state index contributed by atoms with van der Waals surface area (Å²) in [7, 11) is 1.94. The molecule has 96 valence electrons. The van der Waals surface area contributed by atoms with Gasteiger partial charge in [0.25, 0.3) is 0 Å². The summed E-state index contributed by atoms with van der Waals surface area (Å²) in [4.78, 5) is 0. The Hall–Kier alpha value is -0.830. The van der Waals surface area contributed by atoms with E-state index in [-0.39, 0.29) is 16.9 Å². The van der Waals surface area contributed by atoms with Crippen LogP contribution in [0.2, 0.25) is 0 Å². The Bertz CT molecular complexity index is 417. The van der Waals surface area contributed by atoms with Crippen LogP contribution in [0, 0.1) is 23.7 Å². The van der Waals surface area contributed by atoms with E-state index in [2.05, 4.69) is 38.9 Å². The molecule has 2 rings (SSSR count). The first-order chi connectivity index (χ1) is 7.68. The van der Waals surface area contributed by atoms with Crippen molar-refractivity contribution in [3.8, 4) is 0 Å². The highest BCUT2D eigenvalue weighted by Gasteiger charge is 2.66. The minimum absolute atomic E-state index is 0.236. The van der Waals surface area contributed by atoms with Gasteiger partial charge in [0.05, 0.1) is 11.8 Å². The molecular formula is C14H24N2O. The van der Waals surface area contributed by atoms with Crippen molar-refractivity contribution in [1.29, 1.82) is 0 Å². The first-order valence-electron chi connectivity index (χ1n) is 6.35. The molecule has 3 heteroatoms. The highest BCUT2D eigenvalue weighted by atomic mass is 16.3. The predicted octanol–water partition coefficient (Wildman–Crippen LogP) is 2.31. The van der Waals surface area contributed by atoms with E-state index in [0.29, 0.717) is 12.3 Å². The van der Waals surface area contributed by atoms with E-state index in [1.54, 1.807) is 0 Å². The van der Waals surface area contributed by atoms with Crippen molar-refractivity contribution in [1.82, 2.24) is 9.78 Å². The molecule has 1 aliphatic carbocycles. The number of nitrogens with zero attached hydrogens (tertiary/aromatic N) is 2. The van der Waals surface area contributed by atoms with Crippen LogP contribution >= 0.6 is 0 Å². The number of aromatic nitrogens is 2. The van der Waals surface area contributed by atoms with Gasteiger partial charge in [0.15, 0.2) is 0 Å². The molecule has 17 heavy (non-hydrogen) atoms. The molecule has 0 bridgehead atoms. The van der Waals surface area contributed by atoms with Crippen molar-refractivity contribution in [2.75, 3.05) is 0 Å². The second-order valence-electron chi connectivity index (χ2n) is 6.59. The third-order valence-electron chi connectivity index (χ3n) is 5.03. The number of aliphatic hydroxyl groups excluding tert-OH is 1. The van der Waals surface area contributed by atoms with Crippen LogP contribution in [0.15, 0.2) is 6.07 Å². The molecule has 0 aromatic carbocycles. The molecule has 1 aromatic rings. The zero-order chi connectivity index (χ0) is 13.0. The lowest BCUT2D eigenvalue weighted by Gasteiger charge is -2.12. The summed E-state index contributed by atoms with van der Waals surface area (Å²) in [6.07, 6.45) is 0.435. The van der Waals surface area contributed by atoms with Gasteiger partial charge in [-0.15, -0.1) is 0 Å². The van der Waals surface area contributed by atoms with E-state index >= 15 is 0 Å². The summed E-state index contributed by atoms with van der Waals surface area (Å²) in [6, 6.07) is 2.06. The topological polar surface area (TPSA) is 38.0 Å². The Labute approximate surface area is 104 Å². The summed E-state index contributed by atoms with van der Waals surface area (Å²) >= 11 is 0. The van der Waals surface area contributed by atoms with Crippen LogP contribution < -0.4 is 0 Å². The maximum absolute atomic E-state index is 10.4. The highest BCUT2D eigenvalue weighted by molar-refractivity contribution is 5.18. The molecule has 1 heterocycles.